The van der Waals surface area contributed by atoms with Gasteiger partial charge in [-0.2, -0.15) is 18.3 Å². The number of alkyl halides is 3. The maximum atomic E-state index is 13.4. The number of hydrogen-bond acceptors (Lipinski definition) is 5. The fraction of sp³-hybridized carbons (Fsp3) is 0.250. The molecule has 1 aromatic carbocycles. The third kappa shape index (κ3) is 4.43. The SMILES string of the molecule is Cc1cc(C(F)(F)F)c2c(C)nn(CC(=O)Nc3ncn(Cc4cccc(F)c4)n3)c2n1. The van der Waals surface area contributed by atoms with Crippen molar-refractivity contribution in [2.24, 2.45) is 0 Å². The van der Waals surface area contributed by atoms with Crippen LogP contribution < -0.4 is 5.32 Å². The normalized spacial score (nSPS) is 11.8. The van der Waals surface area contributed by atoms with E-state index in [0.717, 1.165) is 10.7 Å². The Morgan fingerprint density at radius 1 is 1.16 bits per heavy atom. The average molecular weight is 447 g/mol. The molecular weight excluding hydrogens is 430 g/mol. The molecular formula is C20H17F4N7O. The van der Waals surface area contributed by atoms with E-state index in [1.54, 1.807) is 12.1 Å². The Morgan fingerprint density at radius 2 is 1.94 bits per heavy atom. The highest BCUT2D eigenvalue weighted by Crippen LogP contribution is 2.36. The van der Waals surface area contributed by atoms with Crippen molar-refractivity contribution >= 4 is 22.9 Å². The minimum Gasteiger partial charge on any atom is -0.292 e. The first kappa shape index (κ1) is 21.4. The molecule has 0 saturated carbocycles. The van der Waals surface area contributed by atoms with Gasteiger partial charge in [0.05, 0.1) is 23.2 Å². The standard InChI is InChI=1S/C20H17F4N7O/c1-11-6-15(20(22,23)24)17-12(2)28-31(18(17)26-11)9-16(32)27-19-25-10-30(29-19)8-13-4-3-5-14(21)7-13/h3-7,10H,8-9H2,1-2H3,(H,27,29,32). The monoisotopic (exact) mass is 447 g/mol. The predicted octanol–water partition coefficient (Wildman–Crippen LogP) is 3.48. The summed E-state index contributed by atoms with van der Waals surface area (Å²) in [5.74, 6) is -0.968. The number of fused-ring (bicyclic) bond motifs is 1. The number of amides is 1. The van der Waals surface area contributed by atoms with Crippen molar-refractivity contribution < 1.29 is 22.4 Å². The molecule has 166 valence electrons. The second kappa shape index (κ2) is 8.02. The number of rotatable bonds is 5. The number of halogens is 4. The number of carbonyl (C=O) groups excluding carboxylic acids is 1. The summed E-state index contributed by atoms with van der Waals surface area (Å²) in [6, 6.07) is 6.93. The molecule has 1 N–H and O–H groups in total. The van der Waals surface area contributed by atoms with E-state index in [-0.39, 0.29) is 47.3 Å². The van der Waals surface area contributed by atoms with E-state index >= 15 is 0 Å². The lowest BCUT2D eigenvalue weighted by Gasteiger charge is -2.10. The molecule has 0 unspecified atom stereocenters. The minimum atomic E-state index is -4.58. The lowest BCUT2D eigenvalue weighted by Crippen LogP contribution is -2.21. The van der Waals surface area contributed by atoms with E-state index < -0.39 is 17.6 Å². The summed E-state index contributed by atoms with van der Waals surface area (Å²) in [4.78, 5) is 20.6. The highest BCUT2D eigenvalue weighted by atomic mass is 19.4. The number of nitrogens with one attached hydrogen (secondary N) is 1. The Balaban J connectivity index is 1.52. The summed E-state index contributed by atoms with van der Waals surface area (Å²) < 4.78 is 56.1. The maximum absolute atomic E-state index is 13.4. The molecule has 0 spiro atoms. The van der Waals surface area contributed by atoms with Gasteiger partial charge in [0, 0.05) is 5.69 Å². The Kier molecular flexibility index (Phi) is 5.36. The number of aryl methyl sites for hydroxylation is 2. The number of anilines is 1. The quantitative estimate of drug-likeness (QED) is 0.473. The van der Waals surface area contributed by atoms with Crippen LogP contribution in [0.15, 0.2) is 36.7 Å². The van der Waals surface area contributed by atoms with Gasteiger partial charge in [-0.15, -0.1) is 5.10 Å². The zero-order valence-corrected chi connectivity index (χ0v) is 17.0. The molecule has 0 aliphatic rings. The first-order valence-electron chi connectivity index (χ1n) is 9.46. The zero-order valence-electron chi connectivity index (χ0n) is 17.0. The molecule has 0 atom stereocenters. The van der Waals surface area contributed by atoms with Gasteiger partial charge in [0.15, 0.2) is 5.65 Å². The van der Waals surface area contributed by atoms with Crippen LogP contribution in [0.25, 0.3) is 11.0 Å². The molecule has 12 heteroatoms. The van der Waals surface area contributed by atoms with Crippen LogP contribution in [0.3, 0.4) is 0 Å². The molecule has 0 radical (unpaired) electrons. The molecule has 4 aromatic rings. The maximum Gasteiger partial charge on any atom is 0.417 e. The molecule has 0 aliphatic carbocycles. The van der Waals surface area contributed by atoms with Crippen molar-refractivity contribution in [3.8, 4) is 0 Å². The van der Waals surface area contributed by atoms with Crippen LogP contribution in [0.1, 0.15) is 22.5 Å². The molecule has 4 rings (SSSR count). The second-order valence-corrected chi connectivity index (χ2v) is 7.19. The third-order valence-electron chi connectivity index (χ3n) is 4.63. The van der Waals surface area contributed by atoms with Gasteiger partial charge in [0.1, 0.15) is 18.7 Å². The van der Waals surface area contributed by atoms with E-state index in [4.69, 9.17) is 0 Å². The molecule has 8 nitrogen and oxygen atoms in total. The molecule has 0 aliphatic heterocycles. The number of carbonyl (C=O) groups is 1. The van der Waals surface area contributed by atoms with Gasteiger partial charge in [0.25, 0.3) is 0 Å². The second-order valence-electron chi connectivity index (χ2n) is 7.19. The smallest absolute Gasteiger partial charge is 0.292 e. The van der Waals surface area contributed by atoms with Crippen LogP contribution in [-0.4, -0.2) is 35.4 Å². The van der Waals surface area contributed by atoms with Crippen LogP contribution in [0, 0.1) is 19.7 Å². The van der Waals surface area contributed by atoms with E-state index in [0.29, 0.717) is 5.56 Å². The zero-order chi connectivity index (χ0) is 23.0. The highest BCUT2D eigenvalue weighted by molar-refractivity contribution is 5.90. The van der Waals surface area contributed by atoms with E-state index in [1.807, 2.05) is 0 Å². The van der Waals surface area contributed by atoms with Gasteiger partial charge in [-0.25, -0.2) is 23.7 Å². The summed E-state index contributed by atoms with van der Waals surface area (Å²) >= 11 is 0. The van der Waals surface area contributed by atoms with Crippen molar-refractivity contribution in [2.45, 2.75) is 33.1 Å². The number of benzene rings is 1. The van der Waals surface area contributed by atoms with E-state index in [1.165, 1.54) is 37.0 Å². The van der Waals surface area contributed by atoms with Gasteiger partial charge in [-0.05, 0) is 37.6 Å². The predicted molar refractivity (Wildman–Crippen MR) is 106 cm³/mol. The molecule has 1 amide bonds. The van der Waals surface area contributed by atoms with Gasteiger partial charge in [-0.3, -0.25) is 10.1 Å². The van der Waals surface area contributed by atoms with E-state index in [9.17, 15) is 22.4 Å². The van der Waals surface area contributed by atoms with Crippen molar-refractivity contribution in [1.29, 1.82) is 0 Å². The van der Waals surface area contributed by atoms with Crippen molar-refractivity contribution in [3.05, 3.63) is 65.0 Å². The highest BCUT2D eigenvalue weighted by Gasteiger charge is 2.35. The largest absolute Gasteiger partial charge is 0.417 e. The molecule has 0 fully saturated rings. The van der Waals surface area contributed by atoms with Crippen LogP contribution in [0.4, 0.5) is 23.5 Å². The van der Waals surface area contributed by atoms with Gasteiger partial charge >= 0.3 is 6.18 Å². The number of pyridine rings is 1. The summed E-state index contributed by atoms with van der Waals surface area (Å²) in [5.41, 5.74) is 0.0546. The Hall–Kier alpha value is -3.83. The Bertz CT molecular complexity index is 1310. The van der Waals surface area contributed by atoms with Crippen molar-refractivity contribution in [2.75, 3.05) is 5.32 Å². The Morgan fingerprint density at radius 3 is 2.66 bits per heavy atom. The lowest BCUT2D eigenvalue weighted by atomic mass is 10.1. The van der Waals surface area contributed by atoms with Gasteiger partial charge in [0.2, 0.25) is 11.9 Å². The average Bonchev–Trinajstić information content (AvgIpc) is 3.24. The Labute approximate surface area is 178 Å². The van der Waals surface area contributed by atoms with E-state index in [2.05, 4.69) is 25.5 Å². The van der Waals surface area contributed by atoms with Crippen molar-refractivity contribution in [1.82, 2.24) is 29.5 Å². The number of nitrogens with zero attached hydrogens (tertiary/aromatic N) is 6. The molecule has 3 aromatic heterocycles. The fourth-order valence-corrected chi connectivity index (χ4v) is 3.36. The topological polar surface area (TPSA) is 90.5 Å². The van der Waals surface area contributed by atoms with Crippen LogP contribution >= 0.6 is 0 Å². The summed E-state index contributed by atoms with van der Waals surface area (Å²) in [6.07, 6.45) is -3.21. The first-order valence-corrected chi connectivity index (χ1v) is 9.46. The van der Waals surface area contributed by atoms with Crippen LogP contribution in [0.2, 0.25) is 0 Å². The molecule has 0 saturated heterocycles. The van der Waals surface area contributed by atoms with Crippen LogP contribution in [0.5, 0.6) is 0 Å². The molecule has 32 heavy (non-hydrogen) atoms. The van der Waals surface area contributed by atoms with Crippen molar-refractivity contribution in [3.63, 3.8) is 0 Å². The molecule has 0 bridgehead atoms. The van der Waals surface area contributed by atoms with Gasteiger partial charge < -0.3 is 0 Å². The number of hydrogen-bond donors (Lipinski definition) is 1. The molecule has 3 heterocycles. The number of aromatic nitrogens is 6. The summed E-state index contributed by atoms with van der Waals surface area (Å²) in [6.45, 7) is 2.73. The third-order valence-corrected chi connectivity index (χ3v) is 4.63. The fourth-order valence-electron chi connectivity index (χ4n) is 3.36. The lowest BCUT2D eigenvalue weighted by molar-refractivity contribution is -0.136. The van der Waals surface area contributed by atoms with Gasteiger partial charge in [-0.1, -0.05) is 12.1 Å². The summed E-state index contributed by atoms with van der Waals surface area (Å²) in [5, 5.41) is 10.5. The minimum absolute atomic E-state index is 0.000271. The first-order chi connectivity index (χ1) is 15.1. The summed E-state index contributed by atoms with van der Waals surface area (Å²) in [7, 11) is 0. The van der Waals surface area contributed by atoms with Crippen LogP contribution in [-0.2, 0) is 24.1 Å².